The van der Waals surface area contributed by atoms with E-state index in [0.717, 1.165) is 9.13 Å². The standard InChI is InChI=1S/C9H9ClIO/c1-6(5-12)8-4-7(10)2-3-9(8)11/h2-4,6,12H,1,5H2. The Morgan fingerprint density at radius 1 is 1.58 bits per heavy atom. The molecule has 0 amide bonds. The number of halogens is 2. The summed E-state index contributed by atoms with van der Waals surface area (Å²) in [6.07, 6.45) is 0. The molecule has 3 heteroatoms. The molecule has 65 valence electrons. The fraction of sp³-hybridized carbons (Fsp3) is 0.222. The van der Waals surface area contributed by atoms with Crippen molar-refractivity contribution in [1.29, 1.82) is 0 Å². The summed E-state index contributed by atoms with van der Waals surface area (Å²) in [6, 6.07) is 5.60. The molecule has 0 aliphatic heterocycles. The van der Waals surface area contributed by atoms with Gasteiger partial charge >= 0.3 is 0 Å². The van der Waals surface area contributed by atoms with Crippen LogP contribution in [0, 0.1) is 10.5 Å². The largest absolute Gasteiger partial charge is 0.396 e. The van der Waals surface area contributed by atoms with Crippen molar-refractivity contribution in [2.75, 3.05) is 6.61 Å². The first-order valence-electron chi connectivity index (χ1n) is 3.54. The van der Waals surface area contributed by atoms with Crippen LogP contribution in [0.5, 0.6) is 0 Å². The molecule has 0 aliphatic rings. The molecular weight excluding hydrogens is 286 g/mol. The second-order valence-electron chi connectivity index (χ2n) is 2.55. The van der Waals surface area contributed by atoms with E-state index >= 15 is 0 Å². The van der Waals surface area contributed by atoms with E-state index in [1.165, 1.54) is 0 Å². The summed E-state index contributed by atoms with van der Waals surface area (Å²) in [5.41, 5.74) is 1.01. The highest BCUT2D eigenvalue weighted by atomic mass is 127. The maximum atomic E-state index is 8.89. The van der Waals surface area contributed by atoms with E-state index in [2.05, 4.69) is 29.5 Å². The zero-order valence-corrected chi connectivity index (χ0v) is 9.34. The Morgan fingerprint density at radius 3 is 2.83 bits per heavy atom. The molecule has 0 bridgehead atoms. The van der Waals surface area contributed by atoms with Crippen molar-refractivity contribution in [2.45, 2.75) is 5.92 Å². The second kappa shape index (κ2) is 4.44. The van der Waals surface area contributed by atoms with Crippen LogP contribution in [0.4, 0.5) is 0 Å². The topological polar surface area (TPSA) is 20.2 Å². The van der Waals surface area contributed by atoms with Crippen LogP contribution in [0.2, 0.25) is 5.02 Å². The van der Waals surface area contributed by atoms with E-state index in [9.17, 15) is 0 Å². The lowest BCUT2D eigenvalue weighted by Gasteiger charge is -2.10. The van der Waals surface area contributed by atoms with E-state index in [0.29, 0.717) is 5.02 Å². The summed E-state index contributed by atoms with van der Waals surface area (Å²) < 4.78 is 1.09. The second-order valence-corrected chi connectivity index (χ2v) is 4.14. The van der Waals surface area contributed by atoms with Crippen molar-refractivity contribution in [3.8, 4) is 0 Å². The molecule has 0 saturated heterocycles. The smallest absolute Gasteiger partial charge is 0.0500 e. The molecule has 12 heavy (non-hydrogen) atoms. The van der Waals surface area contributed by atoms with Gasteiger partial charge < -0.3 is 5.11 Å². The lowest BCUT2D eigenvalue weighted by Crippen LogP contribution is -2.01. The third kappa shape index (κ3) is 2.34. The molecule has 1 rings (SSSR count). The number of rotatable bonds is 2. The molecule has 1 N–H and O–H groups in total. The normalized spacial score (nSPS) is 13.0. The maximum absolute atomic E-state index is 8.89. The highest BCUT2D eigenvalue weighted by Crippen LogP contribution is 2.24. The van der Waals surface area contributed by atoms with E-state index < -0.39 is 0 Å². The van der Waals surface area contributed by atoms with Crippen LogP contribution < -0.4 is 0 Å². The Labute approximate surface area is 90.9 Å². The number of hydrogen-bond donors (Lipinski definition) is 1. The molecular formula is C9H9ClIO. The van der Waals surface area contributed by atoms with Gasteiger partial charge in [0, 0.05) is 21.1 Å². The number of aliphatic hydroxyl groups is 1. The monoisotopic (exact) mass is 295 g/mol. The quantitative estimate of drug-likeness (QED) is 0.832. The van der Waals surface area contributed by atoms with Gasteiger partial charge in [-0.05, 0) is 53.3 Å². The Morgan fingerprint density at radius 2 is 2.25 bits per heavy atom. The molecule has 1 aromatic carbocycles. The van der Waals surface area contributed by atoms with Gasteiger partial charge in [0.05, 0.1) is 0 Å². The van der Waals surface area contributed by atoms with Crippen molar-refractivity contribution in [1.82, 2.24) is 0 Å². The summed E-state index contributed by atoms with van der Waals surface area (Å²) in [6.45, 7) is 3.87. The Bertz CT molecular complexity index is 275. The maximum Gasteiger partial charge on any atom is 0.0500 e. The van der Waals surface area contributed by atoms with Crippen molar-refractivity contribution in [2.24, 2.45) is 0 Å². The zero-order valence-electron chi connectivity index (χ0n) is 6.43. The van der Waals surface area contributed by atoms with Gasteiger partial charge in [0.2, 0.25) is 0 Å². The van der Waals surface area contributed by atoms with Gasteiger partial charge in [-0.2, -0.15) is 0 Å². The molecule has 1 aromatic rings. The first kappa shape index (κ1) is 10.3. The lowest BCUT2D eigenvalue weighted by molar-refractivity contribution is 0.282. The third-order valence-corrected chi connectivity index (χ3v) is 2.84. The third-order valence-electron chi connectivity index (χ3n) is 1.62. The molecule has 0 saturated carbocycles. The van der Waals surface area contributed by atoms with E-state index in [1.54, 1.807) is 0 Å². The molecule has 1 atom stereocenters. The minimum absolute atomic E-state index is 0.0519. The number of aliphatic hydroxyl groups excluding tert-OH is 1. The average Bonchev–Trinajstić information content (AvgIpc) is 2.08. The van der Waals surface area contributed by atoms with Gasteiger partial charge in [-0.15, -0.1) is 0 Å². The van der Waals surface area contributed by atoms with Crippen LogP contribution in [0.15, 0.2) is 18.2 Å². The van der Waals surface area contributed by atoms with Gasteiger partial charge in [0.25, 0.3) is 0 Å². The van der Waals surface area contributed by atoms with Crippen LogP contribution in [0.1, 0.15) is 11.5 Å². The molecule has 0 fully saturated rings. The van der Waals surface area contributed by atoms with Crippen LogP contribution in [0.3, 0.4) is 0 Å². The van der Waals surface area contributed by atoms with E-state index in [1.807, 2.05) is 18.2 Å². The molecule has 0 spiro atoms. The SMILES string of the molecule is [CH2]C(CO)c1cc(Cl)ccc1I. The van der Waals surface area contributed by atoms with Crippen LogP contribution in [0.25, 0.3) is 0 Å². The predicted octanol–water partition coefficient (Wildman–Crippen LogP) is 2.85. The fourth-order valence-electron chi connectivity index (χ4n) is 0.926. The van der Waals surface area contributed by atoms with Gasteiger partial charge in [0.1, 0.15) is 0 Å². The first-order valence-corrected chi connectivity index (χ1v) is 4.99. The van der Waals surface area contributed by atoms with Crippen molar-refractivity contribution < 1.29 is 5.11 Å². The highest BCUT2D eigenvalue weighted by Gasteiger charge is 2.08. The Kier molecular flexibility index (Phi) is 3.80. The Hall–Kier alpha value is 0.200. The zero-order chi connectivity index (χ0) is 9.14. The molecule has 0 aliphatic carbocycles. The lowest BCUT2D eigenvalue weighted by atomic mass is 10.0. The summed E-state index contributed by atoms with van der Waals surface area (Å²) in [7, 11) is 0. The highest BCUT2D eigenvalue weighted by molar-refractivity contribution is 14.1. The summed E-state index contributed by atoms with van der Waals surface area (Å²) in [5.74, 6) is -0.0874. The van der Waals surface area contributed by atoms with Crippen molar-refractivity contribution >= 4 is 34.2 Å². The van der Waals surface area contributed by atoms with Crippen LogP contribution >= 0.6 is 34.2 Å². The summed E-state index contributed by atoms with van der Waals surface area (Å²) in [5, 5.41) is 9.58. The summed E-state index contributed by atoms with van der Waals surface area (Å²) >= 11 is 8.01. The van der Waals surface area contributed by atoms with Crippen molar-refractivity contribution in [3.63, 3.8) is 0 Å². The Balaban J connectivity index is 3.04. The molecule has 0 heterocycles. The molecule has 0 aromatic heterocycles. The van der Waals surface area contributed by atoms with Gasteiger partial charge in [0.15, 0.2) is 0 Å². The molecule has 1 radical (unpaired) electrons. The molecule has 1 unspecified atom stereocenters. The van der Waals surface area contributed by atoms with E-state index in [4.69, 9.17) is 16.7 Å². The summed E-state index contributed by atoms with van der Waals surface area (Å²) in [4.78, 5) is 0. The predicted molar refractivity (Wildman–Crippen MR) is 59.4 cm³/mol. The minimum atomic E-state index is -0.0874. The first-order chi connectivity index (χ1) is 5.65. The number of hydrogen-bond acceptors (Lipinski definition) is 1. The van der Waals surface area contributed by atoms with E-state index in [-0.39, 0.29) is 12.5 Å². The van der Waals surface area contributed by atoms with Crippen LogP contribution in [-0.2, 0) is 0 Å². The van der Waals surface area contributed by atoms with Crippen molar-refractivity contribution in [3.05, 3.63) is 39.3 Å². The molecule has 1 nitrogen and oxygen atoms in total. The van der Waals surface area contributed by atoms with Gasteiger partial charge in [-0.1, -0.05) is 11.6 Å². The minimum Gasteiger partial charge on any atom is -0.396 e. The average molecular weight is 296 g/mol. The van der Waals surface area contributed by atoms with Gasteiger partial charge in [-0.25, -0.2) is 0 Å². The number of benzene rings is 1. The van der Waals surface area contributed by atoms with Gasteiger partial charge in [-0.3, -0.25) is 0 Å². The fourth-order valence-corrected chi connectivity index (χ4v) is 1.88. The van der Waals surface area contributed by atoms with Crippen LogP contribution in [-0.4, -0.2) is 11.7 Å².